The molecule has 1 aliphatic rings. The van der Waals surface area contributed by atoms with E-state index in [2.05, 4.69) is 17.1 Å². The van der Waals surface area contributed by atoms with Crippen molar-refractivity contribution >= 4 is 17.6 Å². The van der Waals surface area contributed by atoms with Crippen LogP contribution in [-0.4, -0.2) is 18.5 Å². The van der Waals surface area contributed by atoms with E-state index in [-0.39, 0.29) is 0 Å². The van der Waals surface area contributed by atoms with Gasteiger partial charge < -0.3 is 0 Å². The molecule has 0 N–H and O–H groups in total. The third-order valence-electron chi connectivity index (χ3n) is 2.77. The maximum atomic E-state index is 4.70. The predicted octanol–water partition coefficient (Wildman–Crippen LogP) is 3.24. The highest BCUT2D eigenvalue weighted by Crippen LogP contribution is 2.20. The van der Waals surface area contributed by atoms with Crippen molar-refractivity contribution in [1.82, 2.24) is 0 Å². The Labute approximate surface area is 100 Å². The molecule has 82 valence electrons. The molecular weight excluding hydrogens is 208 g/mol. The summed E-state index contributed by atoms with van der Waals surface area (Å²) in [7, 11) is 0. The molecule has 0 aliphatic carbocycles. The Hall–Kier alpha value is -2.22. The van der Waals surface area contributed by atoms with Crippen molar-refractivity contribution in [3.63, 3.8) is 0 Å². The summed E-state index contributed by atoms with van der Waals surface area (Å²) < 4.78 is 0. The lowest BCUT2D eigenvalue weighted by molar-refractivity contribution is 1.30. The van der Waals surface area contributed by atoms with Gasteiger partial charge in [-0.2, -0.15) is 0 Å². The molecule has 0 saturated carbocycles. The van der Waals surface area contributed by atoms with Crippen molar-refractivity contribution in [2.75, 3.05) is 6.54 Å². The highest BCUT2D eigenvalue weighted by atomic mass is 14.8. The average molecular weight is 220 g/mol. The molecule has 0 unspecified atom stereocenters. The smallest absolute Gasteiger partial charge is 0.0818 e. The Morgan fingerprint density at radius 1 is 0.824 bits per heavy atom. The second-order valence-electron chi connectivity index (χ2n) is 3.95. The molecule has 0 spiro atoms. The van der Waals surface area contributed by atoms with Crippen molar-refractivity contribution in [3.05, 3.63) is 65.7 Å². The predicted molar refractivity (Wildman–Crippen MR) is 71.5 cm³/mol. The molecular formula is C15H12N2. The van der Waals surface area contributed by atoms with Gasteiger partial charge in [0.2, 0.25) is 0 Å². The molecule has 0 bridgehead atoms. The highest BCUT2D eigenvalue weighted by molar-refractivity contribution is 6.06. The van der Waals surface area contributed by atoms with Crippen LogP contribution < -0.4 is 0 Å². The van der Waals surface area contributed by atoms with Crippen LogP contribution in [0.5, 0.6) is 0 Å². The van der Waals surface area contributed by atoms with Gasteiger partial charge >= 0.3 is 0 Å². The lowest BCUT2D eigenvalue weighted by atomic mass is 10.1. The van der Waals surface area contributed by atoms with Crippen LogP contribution in [-0.2, 0) is 0 Å². The summed E-state index contributed by atoms with van der Waals surface area (Å²) in [6.07, 6.45) is 1.90. The first kappa shape index (κ1) is 9.97. The second kappa shape index (κ2) is 4.34. The molecule has 0 amide bonds. The zero-order valence-electron chi connectivity index (χ0n) is 9.38. The summed E-state index contributed by atoms with van der Waals surface area (Å²) in [5.41, 5.74) is 4.24. The molecule has 2 aromatic rings. The summed E-state index contributed by atoms with van der Waals surface area (Å²) in [4.78, 5) is 9.12. The van der Waals surface area contributed by atoms with Gasteiger partial charge in [-0.1, -0.05) is 48.5 Å². The van der Waals surface area contributed by atoms with Crippen molar-refractivity contribution < 1.29 is 0 Å². The standard InChI is InChI=1S/C15H12N2/c1-2-6-12(7-3-1)15-11-16-10-13-8-4-5-9-14(13)17-15/h1-10H,11H2. The van der Waals surface area contributed by atoms with Gasteiger partial charge in [-0.3, -0.25) is 9.98 Å². The Morgan fingerprint density at radius 2 is 1.59 bits per heavy atom. The van der Waals surface area contributed by atoms with E-state index in [1.165, 1.54) is 0 Å². The molecule has 0 saturated heterocycles. The maximum absolute atomic E-state index is 4.70. The van der Waals surface area contributed by atoms with Crippen LogP contribution in [0, 0.1) is 0 Å². The normalized spacial score (nSPS) is 13.8. The van der Waals surface area contributed by atoms with Crippen molar-refractivity contribution in [2.45, 2.75) is 0 Å². The molecule has 3 rings (SSSR count). The third kappa shape index (κ3) is 2.02. The van der Waals surface area contributed by atoms with E-state index in [9.17, 15) is 0 Å². The molecule has 0 atom stereocenters. The number of para-hydroxylation sites is 1. The van der Waals surface area contributed by atoms with E-state index < -0.39 is 0 Å². The Kier molecular flexibility index (Phi) is 2.54. The third-order valence-corrected chi connectivity index (χ3v) is 2.77. The summed E-state index contributed by atoms with van der Waals surface area (Å²) in [5.74, 6) is 0. The fourth-order valence-corrected chi connectivity index (χ4v) is 1.90. The van der Waals surface area contributed by atoms with Crippen molar-refractivity contribution in [3.8, 4) is 0 Å². The van der Waals surface area contributed by atoms with Crippen LogP contribution in [0.3, 0.4) is 0 Å². The number of nitrogens with zero attached hydrogens (tertiary/aromatic N) is 2. The van der Waals surface area contributed by atoms with Crippen LogP contribution in [0.2, 0.25) is 0 Å². The molecule has 2 nitrogen and oxygen atoms in total. The van der Waals surface area contributed by atoms with E-state index in [1.807, 2.05) is 48.7 Å². The van der Waals surface area contributed by atoms with Crippen LogP contribution >= 0.6 is 0 Å². The van der Waals surface area contributed by atoms with Crippen LogP contribution in [0.25, 0.3) is 0 Å². The molecule has 0 radical (unpaired) electrons. The number of hydrogen-bond donors (Lipinski definition) is 0. The minimum absolute atomic E-state index is 0.638. The van der Waals surface area contributed by atoms with Gasteiger partial charge in [-0.15, -0.1) is 0 Å². The monoisotopic (exact) mass is 220 g/mol. The van der Waals surface area contributed by atoms with Gasteiger partial charge in [-0.25, -0.2) is 0 Å². The van der Waals surface area contributed by atoms with Crippen LogP contribution in [0.15, 0.2) is 64.6 Å². The Balaban J connectivity index is 2.10. The van der Waals surface area contributed by atoms with Gasteiger partial charge in [0.15, 0.2) is 0 Å². The second-order valence-corrected chi connectivity index (χ2v) is 3.95. The molecule has 0 aromatic heterocycles. The maximum Gasteiger partial charge on any atom is 0.0818 e. The molecule has 17 heavy (non-hydrogen) atoms. The van der Waals surface area contributed by atoms with Gasteiger partial charge in [-0.05, 0) is 11.6 Å². The first-order valence-corrected chi connectivity index (χ1v) is 5.65. The number of aliphatic imine (C=N–C) groups is 2. The van der Waals surface area contributed by atoms with E-state index in [0.29, 0.717) is 6.54 Å². The average Bonchev–Trinajstić information content (AvgIpc) is 2.62. The zero-order chi connectivity index (χ0) is 11.5. The molecule has 0 fully saturated rings. The number of hydrogen-bond acceptors (Lipinski definition) is 2. The fourth-order valence-electron chi connectivity index (χ4n) is 1.90. The topological polar surface area (TPSA) is 24.7 Å². The largest absolute Gasteiger partial charge is 0.286 e. The number of rotatable bonds is 1. The number of benzene rings is 2. The summed E-state index contributed by atoms with van der Waals surface area (Å²) in [6, 6.07) is 18.3. The van der Waals surface area contributed by atoms with Crippen LogP contribution in [0.1, 0.15) is 11.1 Å². The SMILES string of the molecule is C1=NCC(c2ccccc2)=Nc2ccccc21. The van der Waals surface area contributed by atoms with E-state index in [0.717, 1.165) is 22.5 Å². The first-order chi connectivity index (χ1) is 8.43. The summed E-state index contributed by atoms with van der Waals surface area (Å²) in [6.45, 7) is 0.638. The summed E-state index contributed by atoms with van der Waals surface area (Å²) >= 11 is 0. The molecule has 2 heteroatoms. The van der Waals surface area contributed by atoms with Gasteiger partial charge in [0, 0.05) is 11.8 Å². The fraction of sp³-hybridized carbons (Fsp3) is 0.0667. The molecule has 1 heterocycles. The van der Waals surface area contributed by atoms with Crippen LogP contribution in [0.4, 0.5) is 5.69 Å². The number of fused-ring (bicyclic) bond motifs is 1. The lowest BCUT2D eigenvalue weighted by Gasteiger charge is -2.02. The van der Waals surface area contributed by atoms with Crippen molar-refractivity contribution in [2.24, 2.45) is 9.98 Å². The van der Waals surface area contributed by atoms with E-state index in [4.69, 9.17) is 4.99 Å². The zero-order valence-corrected chi connectivity index (χ0v) is 9.38. The van der Waals surface area contributed by atoms with E-state index in [1.54, 1.807) is 0 Å². The minimum Gasteiger partial charge on any atom is -0.286 e. The Morgan fingerprint density at radius 3 is 2.47 bits per heavy atom. The molecule has 1 aliphatic heterocycles. The van der Waals surface area contributed by atoms with Gasteiger partial charge in [0.25, 0.3) is 0 Å². The summed E-state index contributed by atoms with van der Waals surface area (Å²) in [5, 5.41) is 0. The Bertz CT molecular complexity index is 583. The highest BCUT2D eigenvalue weighted by Gasteiger charge is 2.07. The first-order valence-electron chi connectivity index (χ1n) is 5.65. The van der Waals surface area contributed by atoms with Gasteiger partial charge in [0.1, 0.15) is 0 Å². The van der Waals surface area contributed by atoms with E-state index >= 15 is 0 Å². The van der Waals surface area contributed by atoms with Gasteiger partial charge in [0.05, 0.1) is 17.9 Å². The van der Waals surface area contributed by atoms with Crippen molar-refractivity contribution in [1.29, 1.82) is 0 Å². The minimum atomic E-state index is 0.638. The molecule has 2 aromatic carbocycles. The lowest BCUT2D eigenvalue weighted by Crippen LogP contribution is -2.03. The quantitative estimate of drug-likeness (QED) is 0.705.